The van der Waals surface area contributed by atoms with Gasteiger partial charge in [-0.05, 0) is 36.2 Å². The van der Waals surface area contributed by atoms with Crippen LogP contribution in [-0.2, 0) is 22.6 Å². The molecule has 1 aliphatic heterocycles. The first kappa shape index (κ1) is 21.2. The van der Waals surface area contributed by atoms with Crippen molar-refractivity contribution in [3.05, 3.63) is 84.6 Å². The second-order valence-electron chi connectivity index (χ2n) is 8.47. The maximum Gasteiger partial charge on any atom is 0.240 e. The number of amides is 1. The van der Waals surface area contributed by atoms with Crippen LogP contribution in [0.5, 0.6) is 0 Å². The molecule has 0 bridgehead atoms. The Bertz CT molecular complexity index is 1230. The van der Waals surface area contributed by atoms with Crippen LogP contribution in [0.3, 0.4) is 0 Å². The maximum absolute atomic E-state index is 12.9. The van der Waals surface area contributed by atoms with Gasteiger partial charge in [-0.25, -0.2) is 4.98 Å². The quantitative estimate of drug-likeness (QED) is 0.487. The van der Waals surface area contributed by atoms with Crippen LogP contribution in [0.15, 0.2) is 79.0 Å². The molecule has 1 saturated heterocycles. The number of nitrogens with one attached hydrogen (secondary N) is 1. The molecule has 2 aromatic heterocycles. The lowest BCUT2D eigenvalue weighted by molar-refractivity contribution is -0.121. The van der Waals surface area contributed by atoms with Gasteiger partial charge in [-0.15, -0.1) is 0 Å². The summed E-state index contributed by atoms with van der Waals surface area (Å²) < 4.78 is 7.69. The van der Waals surface area contributed by atoms with Crippen molar-refractivity contribution in [2.75, 3.05) is 24.6 Å². The molecule has 1 N–H and O–H groups in total. The van der Waals surface area contributed by atoms with Gasteiger partial charge in [-0.3, -0.25) is 4.79 Å². The third-order valence-corrected chi connectivity index (χ3v) is 6.05. The minimum atomic E-state index is -0.0281. The van der Waals surface area contributed by atoms with E-state index in [0.29, 0.717) is 6.54 Å². The van der Waals surface area contributed by atoms with Gasteiger partial charge in [0.05, 0.1) is 12.7 Å². The minimum absolute atomic E-state index is 0.0281. The van der Waals surface area contributed by atoms with Crippen molar-refractivity contribution in [3.8, 4) is 11.3 Å². The summed E-state index contributed by atoms with van der Waals surface area (Å²) in [4.78, 5) is 19.7. The number of morpholine rings is 1. The number of ether oxygens (including phenoxy) is 1. The molecule has 1 amide bonds. The Labute approximate surface area is 193 Å². The van der Waals surface area contributed by atoms with Crippen LogP contribution in [0.4, 0.5) is 5.82 Å². The maximum atomic E-state index is 12.9. The average molecular weight is 441 g/mol. The van der Waals surface area contributed by atoms with Crippen LogP contribution < -0.4 is 10.2 Å². The van der Waals surface area contributed by atoms with Crippen LogP contribution >= 0.6 is 0 Å². The van der Waals surface area contributed by atoms with Gasteiger partial charge in [-0.2, -0.15) is 0 Å². The largest absolute Gasteiger partial charge is 0.375 e. The highest BCUT2D eigenvalue weighted by molar-refractivity contribution is 5.89. The molecule has 3 heterocycles. The molecule has 6 heteroatoms. The molecule has 5 rings (SSSR count). The predicted octanol–water partition coefficient (Wildman–Crippen LogP) is 4.24. The number of hydrogen-bond acceptors (Lipinski definition) is 4. The lowest BCUT2D eigenvalue weighted by Crippen LogP contribution is -2.41. The molecule has 1 aliphatic rings. The first-order valence-corrected chi connectivity index (χ1v) is 11.4. The number of pyridine rings is 1. The zero-order chi connectivity index (χ0) is 22.6. The van der Waals surface area contributed by atoms with E-state index in [4.69, 9.17) is 4.74 Å². The smallest absolute Gasteiger partial charge is 0.240 e. The number of nitrogens with zero attached hydrogens (tertiary/aromatic N) is 3. The lowest BCUT2D eigenvalue weighted by atomic mass is 10.1. The Kier molecular flexibility index (Phi) is 6.09. The standard InChI is InChI=1S/C27H28N4O2/c1-20-18-30(13-14-33-20)26-12-11-21(16-28-26)17-29-27(32)19-31-24-10-6-5-9-23(24)15-25(31)22-7-3-2-4-8-22/h2-12,15-16,20H,13-14,17-19H2,1H3,(H,29,32). The number of anilines is 1. The second kappa shape index (κ2) is 9.46. The fraction of sp³-hybridized carbons (Fsp3) is 0.259. The molecule has 168 valence electrons. The molecule has 6 nitrogen and oxygen atoms in total. The predicted molar refractivity (Wildman–Crippen MR) is 131 cm³/mol. The van der Waals surface area contributed by atoms with E-state index in [-0.39, 0.29) is 18.6 Å². The summed E-state index contributed by atoms with van der Waals surface area (Å²) in [6.07, 6.45) is 2.06. The summed E-state index contributed by atoms with van der Waals surface area (Å²) in [5, 5.41) is 4.18. The first-order valence-electron chi connectivity index (χ1n) is 11.4. The van der Waals surface area contributed by atoms with E-state index in [1.807, 2.05) is 48.7 Å². The van der Waals surface area contributed by atoms with Crippen LogP contribution in [-0.4, -0.2) is 41.3 Å². The number of carbonyl (C=O) groups excluding carboxylic acids is 1. The van der Waals surface area contributed by atoms with Crippen molar-refractivity contribution in [1.82, 2.24) is 14.9 Å². The molecule has 0 radical (unpaired) electrons. The molecule has 2 aromatic carbocycles. The minimum Gasteiger partial charge on any atom is -0.375 e. The summed E-state index contributed by atoms with van der Waals surface area (Å²) >= 11 is 0. The normalized spacial score (nSPS) is 16.2. The SMILES string of the molecule is CC1CN(c2ccc(CNC(=O)Cn3c(-c4ccccc4)cc4ccccc43)cn2)CCO1. The van der Waals surface area contributed by atoms with Crippen molar-refractivity contribution in [2.45, 2.75) is 26.1 Å². The Morgan fingerprint density at radius 2 is 1.91 bits per heavy atom. The monoisotopic (exact) mass is 440 g/mol. The van der Waals surface area contributed by atoms with Crippen molar-refractivity contribution in [1.29, 1.82) is 0 Å². The van der Waals surface area contributed by atoms with Crippen LogP contribution in [0.2, 0.25) is 0 Å². The summed E-state index contributed by atoms with van der Waals surface area (Å²) in [5.41, 5.74) is 4.17. The van der Waals surface area contributed by atoms with E-state index in [1.165, 1.54) is 0 Å². The number of aromatic nitrogens is 2. The molecule has 1 fully saturated rings. The van der Waals surface area contributed by atoms with E-state index < -0.39 is 0 Å². The Balaban J connectivity index is 1.27. The van der Waals surface area contributed by atoms with Crippen molar-refractivity contribution in [3.63, 3.8) is 0 Å². The van der Waals surface area contributed by atoms with Crippen molar-refractivity contribution in [2.24, 2.45) is 0 Å². The Morgan fingerprint density at radius 3 is 2.70 bits per heavy atom. The van der Waals surface area contributed by atoms with Gasteiger partial charge in [0.1, 0.15) is 12.4 Å². The molecule has 0 spiro atoms. The van der Waals surface area contributed by atoms with Gasteiger partial charge < -0.3 is 19.5 Å². The number of carbonyl (C=O) groups is 1. The summed E-state index contributed by atoms with van der Waals surface area (Å²) in [6.45, 7) is 5.20. The molecule has 4 aromatic rings. The van der Waals surface area contributed by atoms with E-state index >= 15 is 0 Å². The number of rotatable bonds is 6. The van der Waals surface area contributed by atoms with Gasteiger partial charge >= 0.3 is 0 Å². The molecule has 0 aliphatic carbocycles. The number of para-hydroxylation sites is 1. The van der Waals surface area contributed by atoms with Gasteiger partial charge in [0.15, 0.2) is 0 Å². The highest BCUT2D eigenvalue weighted by Crippen LogP contribution is 2.28. The van der Waals surface area contributed by atoms with Gasteiger partial charge in [0.25, 0.3) is 0 Å². The molecular weight excluding hydrogens is 412 g/mol. The van der Waals surface area contributed by atoms with E-state index in [0.717, 1.165) is 53.2 Å². The zero-order valence-electron chi connectivity index (χ0n) is 18.8. The lowest BCUT2D eigenvalue weighted by Gasteiger charge is -2.32. The van der Waals surface area contributed by atoms with Gasteiger partial charge in [0, 0.05) is 42.4 Å². The Hall–Kier alpha value is -3.64. The average Bonchev–Trinajstić information content (AvgIpc) is 3.22. The highest BCUT2D eigenvalue weighted by Gasteiger charge is 2.18. The van der Waals surface area contributed by atoms with E-state index in [9.17, 15) is 4.79 Å². The highest BCUT2D eigenvalue weighted by atomic mass is 16.5. The van der Waals surface area contributed by atoms with Crippen LogP contribution in [0.25, 0.3) is 22.2 Å². The van der Waals surface area contributed by atoms with Crippen LogP contribution in [0, 0.1) is 0 Å². The number of benzene rings is 2. The van der Waals surface area contributed by atoms with Crippen LogP contribution in [0.1, 0.15) is 12.5 Å². The fourth-order valence-corrected chi connectivity index (χ4v) is 4.36. The molecule has 0 saturated carbocycles. The Morgan fingerprint density at radius 1 is 1.09 bits per heavy atom. The van der Waals surface area contributed by atoms with Gasteiger partial charge in [-0.1, -0.05) is 54.6 Å². The molecular formula is C27H28N4O2. The fourth-order valence-electron chi connectivity index (χ4n) is 4.36. The molecule has 33 heavy (non-hydrogen) atoms. The number of fused-ring (bicyclic) bond motifs is 1. The first-order chi connectivity index (χ1) is 16.2. The summed E-state index contributed by atoms with van der Waals surface area (Å²) in [6, 6.07) is 24.6. The third-order valence-electron chi connectivity index (χ3n) is 6.05. The molecule has 1 unspecified atom stereocenters. The van der Waals surface area contributed by atoms with Crippen molar-refractivity contribution >= 4 is 22.6 Å². The van der Waals surface area contributed by atoms with Gasteiger partial charge in [0.2, 0.25) is 5.91 Å². The topological polar surface area (TPSA) is 59.4 Å². The van der Waals surface area contributed by atoms with E-state index in [1.54, 1.807) is 0 Å². The third kappa shape index (κ3) is 4.76. The summed E-state index contributed by atoms with van der Waals surface area (Å²) in [5.74, 6) is 0.922. The zero-order valence-corrected chi connectivity index (χ0v) is 18.8. The molecule has 1 atom stereocenters. The van der Waals surface area contributed by atoms with E-state index in [2.05, 4.69) is 57.0 Å². The number of hydrogen-bond donors (Lipinski definition) is 1. The second-order valence-corrected chi connectivity index (χ2v) is 8.47. The summed E-state index contributed by atoms with van der Waals surface area (Å²) in [7, 11) is 0. The van der Waals surface area contributed by atoms with Crippen molar-refractivity contribution < 1.29 is 9.53 Å².